The van der Waals surface area contributed by atoms with Gasteiger partial charge in [-0.25, -0.2) is 0 Å². The van der Waals surface area contributed by atoms with Gasteiger partial charge < -0.3 is 0 Å². The number of carbonyl (C=O) groups is 1. The van der Waals surface area contributed by atoms with E-state index >= 15 is 0 Å². The maximum atomic E-state index is 11.7. The molecule has 1 aromatic carbocycles. The molecular formula is C13H15NO. The number of hydrogen-bond donors (Lipinski definition) is 0. The number of aromatic nitrogens is 1. The highest BCUT2D eigenvalue weighted by Gasteiger charge is 2.04. The lowest BCUT2D eigenvalue weighted by atomic mass is 10.2. The summed E-state index contributed by atoms with van der Waals surface area (Å²) >= 11 is 0. The van der Waals surface area contributed by atoms with Crippen molar-refractivity contribution in [3.63, 3.8) is 0 Å². The van der Waals surface area contributed by atoms with Crippen LogP contribution in [0.4, 0.5) is 0 Å². The molecule has 15 heavy (non-hydrogen) atoms. The van der Waals surface area contributed by atoms with Crippen LogP contribution >= 0.6 is 0 Å². The van der Waals surface area contributed by atoms with E-state index in [1.807, 2.05) is 56.3 Å². The average Bonchev–Trinajstić information content (AvgIpc) is 2.85. The van der Waals surface area contributed by atoms with Gasteiger partial charge in [-0.05, 0) is 24.3 Å². The summed E-state index contributed by atoms with van der Waals surface area (Å²) in [5, 5.41) is 0. The fraction of sp³-hybridized carbons (Fsp3) is 0.154. The molecule has 0 atom stereocenters. The molecule has 0 unspecified atom stereocenters. The van der Waals surface area contributed by atoms with Crippen LogP contribution < -0.4 is 0 Å². The summed E-state index contributed by atoms with van der Waals surface area (Å²) in [4.78, 5) is 11.7. The van der Waals surface area contributed by atoms with E-state index in [9.17, 15) is 4.79 Å². The Hall–Kier alpha value is -1.83. The van der Waals surface area contributed by atoms with Crippen LogP contribution in [-0.2, 0) is 0 Å². The van der Waals surface area contributed by atoms with Crippen LogP contribution in [-0.4, -0.2) is 10.5 Å². The van der Waals surface area contributed by atoms with Gasteiger partial charge in [-0.1, -0.05) is 32.0 Å². The molecule has 0 saturated heterocycles. The molecule has 0 aliphatic heterocycles. The van der Waals surface area contributed by atoms with Crippen molar-refractivity contribution in [2.45, 2.75) is 13.8 Å². The molecule has 2 nitrogen and oxygen atoms in total. The predicted octanol–water partition coefficient (Wildman–Crippen LogP) is 3.20. The molecule has 0 saturated carbocycles. The van der Waals surface area contributed by atoms with Crippen molar-refractivity contribution in [3.8, 4) is 0 Å². The molecule has 0 bridgehead atoms. The molecule has 78 valence electrons. The Morgan fingerprint density at radius 3 is 2.00 bits per heavy atom. The lowest BCUT2D eigenvalue weighted by Gasteiger charge is -1.99. The minimum atomic E-state index is 0.00519. The van der Waals surface area contributed by atoms with Crippen molar-refractivity contribution in [1.29, 1.82) is 0 Å². The van der Waals surface area contributed by atoms with Gasteiger partial charge in [0, 0.05) is 18.0 Å². The van der Waals surface area contributed by atoms with Gasteiger partial charge in [-0.3, -0.25) is 9.36 Å². The third-order valence-electron chi connectivity index (χ3n) is 1.86. The van der Waals surface area contributed by atoms with Crippen molar-refractivity contribution < 1.29 is 4.79 Å². The van der Waals surface area contributed by atoms with Crippen LogP contribution in [0.1, 0.15) is 24.2 Å². The third-order valence-corrected chi connectivity index (χ3v) is 1.86. The van der Waals surface area contributed by atoms with E-state index in [4.69, 9.17) is 0 Å². The second kappa shape index (κ2) is 5.81. The zero-order valence-electron chi connectivity index (χ0n) is 9.05. The van der Waals surface area contributed by atoms with Crippen LogP contribution in [0.15, 0.2) is 54.9 Å². The van der Waals surface area contributed by atoms with E-state index < -0.39 is 0 Å². The van der Waals surface area contributed by atoms with Crippen LogP contribution in [0.2, 0.25) is 0 Å². The summed E-state index contributed by atoms with van der Waals surface area (Å²) in [5.74, 6) is 0.00519. The molecule has 0 fully saturated rings. The van der Waals surface area contributed by atoms with E-state index in [1.165, 1.54) is 0 Å². The third kappa shape index (κ3) is 2.81. The quantitative estimate of drug-likeness (QED) is 0.694. The first-order valence-corrected chi connectivity index (χ1v) is 5.10. The van der Waals surface area contributed by atoms with Gasteiger partial charge in [0.25, 0.3) is 5.91 Å². The molecule has 0 aliphatic carbocycles. The molecule has 1 heterocycles. The highest BCUT2D eigenvalue weighted by Crippen LogP contribution is 2.02. The topological polar surface area (TPSA) is 22.0 Å². The Labute approximate surface area is 90.2 Å². The molecule has 0 radical (unpaired) electrons. The van der Waals surface area contributed by atoms with Gasteiger partial charge in [0.1, 0.15) is 0 Å². The van der Waals surface area contributed by atoms with Gasteiger partial charge >= 0.3 is 0 Å². The molecule has 2 rings (SSSR count). The standard InChI is InChI=1S/C11H9NO.C2H6/c13-11(12-8-4-5-9-12)10-6-2-1-3-7-10;1-2/h1-9H;1-2H3. The Kier molecular flexibility index (Phi) is 4.35. The summed E-state index contributed by atoms with van der Waals surface area (Å²) < 4.78 is 1.56. The average molecular weight is 201 g/mol. The van der Waals surface area contributed by atoms with Gasteiger partial charge in [0.2, 0.25) is 0 Å². The van der Waals surface area contributed by atoms with E-state index in [0.29, 0.717) is 5.56 Å². The molecule has 0 aliphatic rings. The minimum absolute atomic E-state index is 0.00519. The summed E-state index contributed by atoms with van der Waals surface area (Å²) in [6, 6.07) is 12.9. The van der Waals surface area contributed by atoms with Gasteiger partial charge in [0.05, 0.1) is 0 Å². The normalized spacial score (nSPS) is 8.93. The van der Waals surface area contributed by atoms with Crippen molar-refractivity contribution in [3.05, 3.63) is 60.4 Å². The van der Waals surface area contributed by atoms with E-state index in [-0.39, 0.29) is 5.91 Å². The summed E-state index contributed by atoms with van der Waals surface area (Å²) in [6.45, 7) is 4.00. The monoisotopic (exact) mass is 201 g/mol. The number of benzene rings is 1. The largest absolute Gasteiger partial charge is 0.291 e. The van der Waals surface area contributed by atoms with Crippen LogP contribution in [0.3, 0.4) is 0 Å². The summed E-state index contributed by atoms with van der Waals surface area (Å²) in [7, 11) is 0. The lowest BCUT2D eigenvalue weighted by molar-refractivity contribution is 0.0960. The predicted molar refractivity (Wildman–Crippen MR) is 62.0 cm³/mol. The Bertz CT molecular complexity index is 390. The van der Waals surface area contributed by atoms with Gasteiger partial charge in [0.15, 0.2) is 0 Å². The van der Waals surface area contributed by atoms with Crippen molar-refractivity contribution in [1.82, 2.24) is 4.57 Å². The van der Waals surface area contributed by atoms with Gasteiger partial charge in [-0.2, -0.15) is 0 Å². The van der Waals surface area contributed by atoms with Crippen molar-refractivity contribution in [2.75, 3.05) is 0 Å². The summed E-state index contributed by atoms with van der Waals surface area (Å²) in [5.41, 5.74) is 0.707. The minimum Gasteiger partial charge on any atom is -0.291 e. The van der Waals surface area contributed by atoms with E-state index in [2.05, 4.69) is 0 Å². The highest BCUT2D eigenvalue weighted by molar-refractivity contribution is 5.95. The zero-order chi connectivity index (χ0) is 11.1. The first kappa shape index (κ1) is 11.2. The second-order valence-electron chi connectivity index (χ2n) is 2.76. The fourth-order valence-corrected chi connectivity index (χ4v) is 1.20. The molecule has 1 aromatic heterocycles. The Morgan fingerprint density at radius 2 is 1.47 bits per heavy atom. The Morgan fingerprint density at radius 1 is 0.933 bits per heavy atom. The molecule has 0 N–H and O–H groups in total. The summed E-state index contributed by atoms with van der Waals surface area (Å²) in [6.07, 6.45) is 3.49. The van der Waals surface area contributed by atoms with E-state index in [0.717, 1.165) is 0 Å². The number of carbonyl (C=O) groups excluding carboxylic acids is 1. The first-order valence-electron chi connectivity index (χ1n) is 5.10. The van der Waals surface area contributed by atoms with Crippen molar-refractivity contribution >= 4 is 5.91 Å². The van der Waals surface area contributed by atoms with Gasteiger partial charge in [-0.15, -0.1) is 0 Å². The number of nitrogens with zero attached hydrogens (tertiary/aromatic N) is 1. The van der Waals surface area contributed by atoms with Crippen LogP contribution in [0.25, 0.3) is 0 Å². The molecule has 2 aromatic rings. The van der Waals surface area contributed by atoms with Crippen LogP contribution in [0.5, 0.6) is 0 Å². The SMILES string of the molecule is CC.O=C(c1ccccc1)n1cccc1. The molecule has 2 heteroatoms. The Balaban J connectivity index is 0.000000531. The lowest BCUT2D eigenvalue weighted by Crippen LogP contribution is -2.08. The first-order chi connectivity index (χ1) is 7.38. The number of hydrogen-bond acceptors (Lipinski definition) is 1. The number of rotatable bonds is 1. The molecule has 0 spiro atoms. The van der Waals surface area contributed by atoms with E-state index in [1.54, 1.807) is 17.0 Å². The second-order valence-corrected chi connectivity index (χ2v) is 2.76. The smallest absolute Gasteiger partial charge is 0.261 e. The van der Waals surface area contributed by atoms with Crippen LogP contribution in [0, 0.1) is 0 Å². The maximum Gasteiger partial charge on any atom is 0.261 e. The molecule has 0 amide bonds. The zero-order valence-corrected chi connectivity index (χ0v) is 9.05. The highest BCUT2D eigenvalue weighted by atomic mass is 16.2. The van der Waals surface area contributed by atoms with Crippen molar-refractivity contribution in [2.24, 2.45) is 0 Å². The maximum absolute atomic E-state index is 11.7. The fourth-order valence-electron chi connectivity index (χ4n) is 1.20. The molecular weight excluding hydrogens is 186 g/mol.